The number of fused-ring (bicyclic) bond motifs is 1. The molecule has 21 heavy (non-hydrogen) atoms. The Morgan fingerprint density at radius 1 is 1.19 bits per heavy atom. The van der Waals surface area contributed by atoms with Gasteiger partial charge in [0.25, 0.3) is 0 Å². The first-order valence-electron chi connectivity index (χ1n) is 6.75. The number of ketones is 1. The topological polar surface area (TPSA) is 55.8 Å². The van der Waals surface area contributed by atoms with Gasteiger partial charge >= 0.3 is 0 Å². The van der Waals surface area contributed by atoms with Gasteiger partial charge in [0, 0.05) is 11.6 Å². The molecule has 0 fully saturated rings. The van der Waals surface area contributed by atoms with E-state index >= 15 is 0 Å². The lowest BCUT2D eigenvalue weighted by atomic mass is 9.84. The third-order valence-electron chi connectivity index (χ3n) is 3.89. The summed E-state index contributed by atoms with van der Waals surface area (Å²) in [7, 11) is 1.54. The quantitative estimate of drug-likeness (QED) is 0.921. The fourth-order valence-corrected chi connectivity index (χ4v) is 2.57. The summed E-state index contributed by atoms with van der Waals surface area (Å²) in [4.78, 5) is 12.5. The van der Waals surface area contributed by atoms with Crippen LogP contribution in [0.15, 0.2) is 48.5 Å². The average Bonchev–Trinajstić information content (AvgIpc) is 2.53. The first kappa shape index (κ1) is 13.6. The molecular formula is C17H16O4. The smallest absolute Gasteiger partial charge is 0.244 e. The summed E-state index contributed by atoms with van der Waals surface area (Å²) >= 11 is 0. The molecule has 0 amide bonds. The second-order valence-corrected chi connectivity index (χ2v) is 5.11. The molecule has 0 spiro atoms. The summed E-state index contributed by atoms with van der Waals surface area (Å²) in [6.07, 6.45) is 0. The van der Waals surface area contributed by atoms with Crippen LogP contribution in [0.3, 0.4) is 0 Å². The number of ether oxygens (including phenoxy) is 2. The molecule has 0 saturated heterocycles. The highest BCUT2D eigenvalue weighted by Gasteiger charge is 2.47. The van der Waals surface area contributed by atoms with Crippen LogP contribution in [-0.2, 0) is 5.79 Å². The van der Waals surface area contributed by atoms with E-state index in [9.17, 15) is 9.90 Å². The standard InChI is InChI=1S/C17H16O4/c1-11-16(18)14-9-8-13(20-2)10-15(14)21-17(11,19)12-6-4-3-5-7-12/h3-11,19H,1-2H3/t11-,17-/m1/s1. The Morgan fingerprint density at radius 3 is 2.57 bits per heavy atom. The van der Waals surface area contributed by atoms with E-state index in [2.05, 4.69) is 0 Å². The first-order valence-corrected chi connectivity index (χ1v) is 6.75. The van der Waals surface area contributed by atoms with Crippen molar-refractivity contribution >= 4 is 5.78 Å². The van der Waals surface area contributed by atoms with E-state index in [1.54, 1.807) is 56.5 Å². The molecule has 0 radical (unpaired) electrons. The molecule has 0 unspecified atom stereocenters. The Morgan fingerprint density at radius 2 is 1.90 bits per heavy atom. The van der Waals surface area contributed by atoms with Crippen molar-refractivity contribution in [3.8, 4) is 11.5 Å². The van der Waals surface area contributed by atoms with Crippen LogP contribution in [0.2, 0.25) is 0 Å². The summed E-state index contributed by atoms with van der Waals surface area (Å²) in [6, 6.07) is 13.9. The van der Waals surface area contributed by atoms with E-state index in [0.717, 1.165) is 0 Å². The highest BCUT2D eigenvalue weighted by molar-refractivity contribution is 6.02. The van der Waals surface area contributed by atoms with E-state index in [1.165, 1.54) is 0 Å². The Balaban J connectivity index is 2.12. The predicted molar refractivity (Wildman–Crippen MR) is 77.5 cm³/mol. The Bertz CT molecular complexity index is 680. The average molecular weight is 284 g/mol. The molecule has 0 aliphatic carbocycles. The van der Waals surface area contributed by atoms with Crippen molar-refractivity contribution in [2.24, 2.45) is 5.92 Å². The number of hydrogen-bond donors (Lipinski definition) is 1. The number of carbonyl (C=O) groups is 1. The number of methoxy groups -OCH3 is 1. The summed E-state index contributed by atoms with van der Waals surface area (Å²) in [5.74, 6) is -1.60. The summed E-state index contributed by atoms with van der Waals surface area (Å²) < 4.78 is 10.9. The molecule has 108 valence electrons. The minimum absolute atomic E-state index is 0.148. The molecule has 4 heteroatoms. The summed E-state index contributed by atoms with van der Waals surface area (Å²) in [5.41, 5.74) is 1.02. The fourth-order valence-electron chi connectivity index (χ4n) is 2.57. The predicted octanol–water partition coefficient (Wildman–Crippen LogP) is 2.75. The molecule has 2 aromatic carbocycles. The lowest BCUT2D eigenvalue weighted by Crippen LogP contribution is -2.46. The zero-order chi connectivity index (χ0) is 15.0. The minimum atomic E-state index is -1.67. The van der Waals surface area contributed by atoms with Crippen LogP contribution >= 0.6 is 0 Å². The SMILES string of the molecule is COc1ccc2c(c1)O[C@@](O)(c1ccccc1)[C@H](C)C2=O. The van der Waals surface area contributed by atoms with Gasteiger partial charge in [0.05, 0.1) is 18.6 Å². The molecule has 4 nitrogen and oxygen atoms in total. The maximum absolute atomic E-state index is 12.5. The number of carbonyl (C=O) groups excluding carboxylic acids is 1. The largest absolute Gasteiger partial charge is 0.497 e. The summed E-state index contributed by atoms with van der Waals surface area (Å²) in [5, 5.41) is 10.9. The molecule has 3 rings (SSSR count). The van der Waals surface area contributed by atoms with Crippen LogP contribution in [0, 0.1) is 5.92 Å². The van der Waals surface area contributed by atoms with Crippen LogP contribution in [0.1, 0.15) is 22.8 Å². The van der Waals surface area contributed by atoms with Crippen LogP contribution in [0.25, 0.3) is 0 Å². The number of rotatable bonds is 2. The van der Waals surface area contributed by atoms with Gasteiger partial charge < -0.3 is 14.6 Å². The maximum atomic E-state index is 12.5. The van der Waals surface area contributed by atoms with Gasteiger partial charge in [0.15, 0.2) is 5.78 Å². The normalized spacial score (nSPS) is 24.1. The zero-order valence-electron chi connectivity index (χ0n) is 11.9. The number of aliphatic hydroxyl groups is 1. The van der Waals surface area contributed by atoms with Crippen LogP contribution in [-0.4, -0.2) is 18.0 Å². The van der Waals surface area contributed by atoms with Crippen LogP contribution in [0.4, 0.5) is 0 Å². The fraction of sp³-hybridized carbons (Fsp3) is 0.235. The Kier molecular flexibility index (Phi) is 3.18. The van der Waals surface area contributed by atoms with Gasteiger partial charge in [0.1, 0.15) is 11.5 Å². The molecule has 1 N–H and O–H groups in total. The number of hydrogen-bond acceptors (Lipinski definition) is 4. The molecule has 1 aliphatic heterocycles. The highest BCUT2D eigenvalue weighted by atomic mass is 16.6. The van der Waals surface area contributed by atoms with Gasteiger partial charge in [-0.3, -0.25) is 4.79 Å². The van der Waals surface area contributed by atoms with E-state index in [0.29, 0.717) is 22.6 Å². The van der Waals surface area contributed by atoms with Crippen molar-refractivity contribution < 1.29 is 19.4 Å². The van der Waals surface area contributed by atoms with Gasteiger partial charge in [-0.05, 0) is 19.1 Å². The number of benzene rings is 2. The third kappa shape index (κ3) is 2.08. The van der Waals surface area contributed by atoms with Crippen molar-refractivity contribution in [3.63, 3.8) is 0 Å². The highest BCUT2D eigenvalue weighted by Crippen LogP contribution is 2.42. The van der Waals surface area contributed by atoms with E-state index in [1.807, 2.05) is 6.07 Å². The first-order chi connectivity index (χ1) is 10.1. The second kappa shape index (κ2) is 4.90. The second-order valence-electron chi connectivity index (χ2n) is 5.11. The van der Waals surface area contributed by atoms with Gasteiger partial charge in [-0.15, -0.1) is 0 Å². The molecule has 2 atom stereocenters. The number of Topliss-reactive ketones (excluding diaryl/α,β-unsaturated/α-hetero) is 1. The Hall–Kier alpha value is -2.33. The van der Waals surface area contributed by atoms with Crippen molar-refractivity contribution in [1.82, 2.24) is 0 Å². The van der Waals surface area contributed by atoms with E-state index < -0.39 is 11.7 Å². The monoisotopic (exact) mass is 284 g/mol. The van der Waals surface area contributed by atoms with Gasteiger partial charge in [0.2, 0.25) is 5.79 Å². The lowest BCUT2D eigenvalue weighted by Gasteiger charge is -2.38. The van der Waals surface area contributed by atoms with E-state index in [-0.39, 0.29) is 5.78 Å². The van der Waals surface area contributed by atoms with Gasteiger partial charge in [-0.1, -0.05) is 30.3 Å². The molecule has 1 heterocycles. The maximum Gasteiger partial charge on any atom is 0.244 e. The minimum Gasteiger partial charge on any atom is -0.497 e. The molecule has 1 aliphatic rings. The van der Waals surface area contributed by atoms with Gasteiger partial charge in [-0.25, -0.2) is 0 Å². The third-order valence-corrected chi connectivity index (χ3v) is 3.89. The van der Waals surface area contributed by atoms with Gasteiger partial charge in [-0.2, -0.15) is 0 Å². The molecule has 0 aromatic heterocycles. The molecule has 2 aromatic rings. The van der Waals surface area contributed by atoms with Crippen molar-refractivity contribution in [2.75, 3.05) is 7.11 Å². The van der Waals surface area contributed by atoms with Crippen molar-refractivity contribution in [2.45, 2.75) is 12.7 Å². The zero-order valence-corrected chi connectivity index (χ0v) is 11.9. The van der Waals surface area contributed by atoms with Crippen LogP contribution < -0.4 is 9.47 Å². The lowest BCUT2D eigenvalue weighted by molar-refractivity contribution is -0.176. The molecule has 0 saturated carbocycles. The molecule has 0 bridgehead atoms. The van der Waals surface area contributed by atoms with E-state index in [4.69, 9.17) is 9.47 Å². The van der Waals surface area contributed by atoms with Crippen molar-refractivity contribution in [3.05, 3.63) is 59.7 Å². The summed E-state index contributed by atoms with van der Waals surface area (Å²) in [6.45, 7) is 1.67. The molecular weight excluding hydrogens is 268 g/mol. The van der Waals surface area contributed by atoms with Crippen molar-refractivity contribution in [1.29, 1.82) is 0 Å². The van der Waals surface area contributed by atoms with Crippen LogP contribution in [0.5, 0.6) is 11.5 Å². The Labute approximate surface area is 122 Å².